The molecule has 3 nitrogen and oxygen atoms in total. The Morgan fingerprint density at radius 3 is 2.42 bits per heavy atom. The summed E-state index contributed by atoms with van der Waals surface area (Å²) in [5.74, 6) is -2.71. The van der Waals surface area contributed by atoms with Gasteiger partial charge in [0.1, 0.15) is 0 Å². The summed E-state index contributed by atoms with van der Waals surface area (Å²) in [4.78, 5) is 11.8. The van der Waals surface area contributed by atoms with Crippen LogP contribution in [0.2, 0.25) is 0 Å². The van der Waals surface area contributed by atoms with Crippen LogP contribution in [0, 0.1) is 23.0 Å². The highest BCUT2D eigenvalue weighted by Crippen LogP contribution is 2.17. The third-order valence-corrected chi connectivity index (χ3v) is 2.48. The highest BCUT2D eigenvalue weighted by atomic mass is 19.2. The maximum atomic E-state index is 13.4. The van der Waals surface area contributed by atoms with E-state index >= 15 is 0 Å². The number of carbonyl (C=O) groups is 1. The van der Waals surface area contributed by atoms with Gasteiger partial charge >= 0.3 is 0 Å². The third-order valence-electron chi connectivity index (χ3n) is 2.48. The van der Waals surface area contributed by atoms with Crippen LogP contribution in [0.15, 0.2) is 42.5 Å². The lowest BCUT2D eigenvalue weighted by molar-refractivity contribution is 0.102. The van der Waals surface area contributed by atoms with E-state index in [9.17, 15) is 13.6 Å². The molecule has 5 heteroatoms. The first kappa shape index (κ1) is 12.7. The molecule has 0 unspecified atom stereocenters. The topological polar surface area (TPSA) is 52.9 Å². The van der Waals surface area contributed by atoms with Crippen molar-refractivity contribution in [3.63, 3.8) is 0 Å². The number of halogens is 2. The van der Waals surface area contributed by atoms with E-state index in [4.69, 9.17) is 5.26 Å². The van der Waals surface area contributed by atoms with Crippen LogP contribution in [-0.4, -0.2) is 5.91 Å². The molecule has 0 aliphatic carbocycles. The van der Waals surface area contributed by atoms with E-state index in [0.29, 0.717) is 5.56 Å². The van der Waals surface area contributed by atoms with Crippen LogP contribution in [0.5, 0.6) is 0 Å². The summed E-state index contributed by atoms with van der Waals surface area (Å²) in [7, 11) is 0. The van der Waals surface area contributed by atoms with E-state index < -0.39 is 17.5 Å². The molecule has 0 saturated carbocycles. The summed E-state index contributed by atoms with van der Waals surface area (Å²) in [6, 6.07) is 11.3. The quantitative estimate of drug-likeness (QED) is 0.899. The fourth-order valence-corrected chi connectivity index (χ4v) is 1.49. The van der Waals surface area contributed by atoms with Crippen LogP contribution < -0.4 is 5.32 Å². The van der Waals surface area contributed by atoms with E-state index in [1.165, 1.54) is 36.4 Å². The molecule has 1 N–H and O–H groups in total. The predicted octanol–water partition coefficient (Wildman–Crippen LogP) is 3.09. The molecule has 0 aromatic heterocycles. The Balaban J connectivity index is 2.21. The molecule has 0 atom stereocenters. The first-order valence-electron chi connectivity index (χ1n) is 5.37. The summed E-state index contributed by atoms with van der Waals surface area (Å²) in [5.41, 5.74) is 0.436. The van der Waals surface area contributed by atoms with Gasteiger partial charge in [0.05, 0.1) is 17.3 Å². The van der Waals surface area contributed by atoms with Crippen molar-refractivity contribution in [2.75, 3.05) is 5.32 Å². The predicted molar refractivity (Wildman–Crippen MR) is 65.5 cm³/mol. The minimum atomic E-state index is -1.11. The number of nitriles is 1. The lowest BCUT2D eigenvalue weighted by Crippen LogP contribution is -2.13. The zero-order valence-electron chi connectivity index (χ0n) is 9.65. The molecule has 0 bridgehead atoms. The zero-order valence-corrected chi connectivity index (χ0v) is 9.65. The fourth-order valence-electron chi connectivity index (χ4n) is 1.49. The van der Waals surface area contributed by atoms with E-state index in [0.717, 1.165) is 6.07 Å². The molecule has 1 amide bonds. The lowest BCUT2D eigenvalue weighted by Gasteiger charge is -2.06. The first-order chi connectivity index (χ1) is 9.11. The molecule has 2 aromatic rings. The second-order valence-corrected chi connectivity index (χ2v) is 3.74. The molecule has 0 heterocycles. The number of hydrogen-bond donors (Lipinski definition) is 1. The lowest BCUT2D eigenvalue weighted by atomic mass is 10.1. The van der Waals surface area contributed by atoms with Crippen molar-refractivity contribution in [3.05, 3.63) is 65.2 Å². The summed E-state index contributed by atoms with van der Waals surface area (Å²) < 4.78 is 26.3. The third kappa shape index (κ3) is 2.75. The van der Waals surface area contributed by atoms with Gasteiger partial charge in [-0.15, -0.1) is 0 Å². The zero-order chi connectivity index (χ0) is 13.8. The van der Waals surface area contributed by atoms with Crippen LogP contribution >= 0.6 is 0 Å². The molecular formula is C14H8F2N2O. The van der Waals surface area contributed by atoms with Crippen molar-refractivity contribution in [1.29, 1.82) is 5.26 Å². The Kier molecular flexibility index (Phi) is 3.53. The molecule has 0 saturated heterocycles. The smallest absolute Gasteiger partial charge is 0.255 e. The Morgan fingerprint density at radius 1 is 1.11 bits per heavy atom. The molecule has 2 aromatic carbocycles. The van der Waals surface area contributed by atoms with Gasteiger partial charge in [-0.05, 0) is 36.4 Å². The van der Waals surface area contributed by atoms with Crippen LogP contribution in [0.3, 0.4) is 0 Å². The van der Waals surface area contributed by atoms with Gasteiger partial charge in [-0.2, -0.15) is 5.26 Å². The normalized spacial score (nSPS) is 9.74. The summed E-state index contributed by atoms with van der Waals surface area (Å²) in [5, 5.41) is 10.9. The number of carbonyl (C=O) groups excluding carboxylic acids is 1. The van der Waals surface area contributed by atoms with E-state index in [1.54, 1.807) is 0 Å². The van der Waals surface area contributed by atoms with E-state index in [-0.39, 0.29) is 11.3 Å². The standard InChI is InChI=1S/C14H8F2N2O/c15-11-2-1-3-12(13(11)16)18-14(19)10-6-4-9(8-17)5-7-10/h1-7H,(H,18,19). The van der Waals surface area contributed by atoms with Gasteiger partial charge in [-0.3, -0.25) is 4.79 Å². The Morgan fingerprint density at radius 2 is 1.79 bits per heavy atom. The maximum Gasteiger partial charge on any atom is 0.255 e. The SMILES string of the molecule is N#Cc1ccc(C(=O)Nc2cccc(F)c2F)cc1. The second kappa shape index (κ2) is 5.27. The van der Waals surface area contributed by atoms with E-state index in [2.05, 4.69) is 5.32 Å². The number of anilines is 1. The van der Waals surface area contributed by atoms with Crippen molar-refractivity contribution in [1.82, 2.24) is 0 Å². The Hall–Kier alpha value is -2.74. The van der Waals surface area contributed by atoms with Crippen molar-refractivity contribution < 1.29 is 13.6 Å². The van der Waals surface area contributed by atoms with Crippen LogP contribution in [0.4, 0.5) is 14.5 Å². The van der Waals surface area contributed by atoms with Gasteiger partial charge in [0.15, 0.2) is 11.6 Å². The number of rotatable bonds is 2. The van der Waals surface area contributed by atoms with Crippen LogP contribution in [0.25, 0.3) is 0 Å². The highest BCUT2D eigenvalue weighted by molar-refractivity contribution is 6.04. The molecular weight excluding hydrogens is 250 g/mol. The summed E-state index contributed by atoms with van der Waals surface area (Å²) >= 11 is 0. The minimum absolute atomic E-state index is 0.227. The van der Waals surface area contributed by atoms with Gasteiger partial charge in [-0.1, -0.05) is 6.07 Å². The Labute approximate surface area is 108 Å². The summed E-state index contributed by atoms with van der Waals surface area (Å²) in [6.45, 7) is 0. The molecule has 0 aliphatic rings. The van der Waals surface area contributed by atoms with Gasteiger partial charge in [0, 0.05) is 5.56 Å². The van der Waals surface area contributed by atoms with Crippen molar-refractivity contribution in [2.24, 2.45) is 0 Å². The van der Waals surface area contributed by atoms with Gasteiger partial charge in [0.25, 0.3) is 5.91 Å². The number of benzene rings is 2. The average Bonchev–Trinajstić information content (AvgIpc) is 2.44. The highest BCUT2D eigenvalue weighted by Gasteiger charge is 2.11. The number of nitrogens with zero attached hydrogens (tertiary/aromatic N) is 1. The van der Waals surface area contributed by atoms with Gasteiger partial charge in [0.2, 0.25) is 0 Å². The summed E-state index contributed by atoms with van der Waals surface area (Å²) in [6.07, 6.45) is 0. The van der Waals surface area contributed by atoms with Crippen molar-refractivity contribution >= 4 is 11.6 Å². The van der Waals surface area contributed by atoms with Crippen LogP contribution in [-0.2, 0) is 0 Å². The fraction of sp³-hybridized carbons (Fsp3) is 0. The van der Waals surface area contributed by atoms with E-state index in [1.807, 2.05) is 6.07 Å². The maximum absolute atomic E-state index is 13.4. The number of nitrogens with one attached hydrogen (secondary N) is 1. The Bertz CT molecular complexity index is 660. The molecule has 0 aliphatic heterocycles. The van der Waals surface area contributed by atoms with Crippen molar-refractivity contribution in [2.45, 2.75) is 0 Å². The van der Waals surface area contributed by atoms with Crippen molar-refractivity contribution in [3.8, 4) is 6.07 Å². The average molecular weight is 258 g/mol. The molecule has 0 fully saturated rings. The molecule has 0 spiro atoms. The minimum Gasteiger partial charge on any atom is -0.319 e. The molecule has 94 valence electrons. The molecule has 19 heavy (non-hydrogen) atoms. The largest absolute Gasteiger partial charge is 0.319 e. The number of amides is 1. The van der Waals surface area contributed by atoms with Gasteiger partial charge in [-0.25, -0.2) is 8.78 Å². The first-order valence-corrected chi connectivity index (χ1v) is 5.37. The van der Waals surface area contributed by atoms with Crippen LogP contribution in [0.1, 0.15) is 15.9 Å². The molecule has 0 radical (unpaired) electrons. The van der Waals surface area contributed by atoms with Gasteiger partial charge < -0.3 is 5.32 Å². The monoisotopic (exact) mass is 258 g/mol. The second-order valence-electron chi connectivity index (χ2n) is 3.74. The number of hydrogen-bond acceptors (Lipinski definition) is 2. The molecule has 2 rings (SSSR count).